The van der Waals surface area contributed by atoms with Crippen molar-refractivity contribution in [2.45, 2.75) is 26.1 Å². The second-order valence-corrected chi connectivity index (χ2v) is 10.2. The number of amides is 1. The van der Waals surface area contributed by atoms with Crippen molar-refractivity contribution >= 4 is 16.9 Å². The molecule has 0 spiro atoms. The van der Waals surface area contributed by atoms with E-state index < -0.39 is 6.17 Å². The van der Waals surface area contributed by atoms with Gasteiger partial charge in [0.1, 0.15) is 5.76 Å². The van der Waals surface area contributed by atoms with E-state index in [1.165, 1.54) is 5.56 Å². The van der Waals surface area contributed by atoms with Gasteiger partial charge in [-0.25, -0.2) is 0 Å². The Kier molecular flexibility index (Phi) is 5.51. The highest BCUT2D eigenvalue weighted by atomic mass is 16.3. The Hall–Kier alpha value is -3.74. The van der Waals surface area contributed by atoms with Crippen LogP contribution in [0.1, 0.15) is 27.9 Å². The first-order valence-corrected chi connectivity index (χ1v) is 12.4. The summed E-state index contributed by atoms with van der Waals surface area (Å²) < 4.78 is 6.23. The van der Waals surface area contributed by atoms with Crippen molar-refractivity contribution in [3.8, 4) is 11.3 Å². The summed E-state index contributed by atoms with van der Waals surface area (Å²) >= 11 is 0. The number of hydrogen-bond donors (Lipinski definition) is 2. The van der Waals surface area contributed by atoms with Crippen LogP contribution in [0.3, 0.4) is 0 Å². The lowest BCUT2D eigenvalue weighted by Gasteiger charge is -2.26. The van der Waals surface area contributed by atoms with Crippen LogP contribution in [0, 0.1) is 18.3 Å². The molecule has 0 bridgehead atoms. The molecule has 182 valence electrons. The molecule has 3 aromatic carbocycles. The van der Waals surface area contributed by atoms with Gasteiger partial charge in [-0.2, -0.15) is 0 Å². The highest BCUT2D eigenvalue weighted by molar-refractivity contribution is 6.05. The van der Waals surface area contributed by atoms with Gasteiger partial charge in [0.25, 0.3) is 5.91 Å². The third-order valence-corrected chi connectivity index (χ3v) is 7.86. The maximum atomic E-state index is 13.4. The van der Waals surface area contributed by atoms with Crippen molar-refractivity contribution in [2.24, 2.45) is 17.1 Å². The van der Waals surface area contributed by atoms with Crippen LogP contribution in [0.2, 0.25) is 0 Å². The van der Waals surface area contributed by atoms with E-state index in [1.807, 2.05) is 36.4 Å². The van der Waals surface area contributed by atoms with Crippen LogP contribution in [0.5, 0.6) is 0 Å². The zero-order chi connectivity index (χ0) is 24.9. The number of piperidine rings is 1. The highest BCUT2D eigenvalue weighted by Gasteiger charge is 2.63. The molecule has 0 radical (unpaired) electrons. The minimum absolute atomic E-state index is 0.109. The smallest absolute Gasteiger partial charge is 0.256 e. The Balaban J connectivity index is 1.25. The van der Waals surface area contributed by atoms with Crippen molar-refractivity contribution < 1.29 is 9.21 Å². The van der Waals surface area contributed by atoms with E-state index in [-0.39, 0.29) is 16.8 Å². The number of likely N-dealkylation sites (tertiary alicyclic amines) is 1. The summed E-state index contributed by atoms with van der Waals surface area (Å²) in [6, 6.07) is 25.0. The quantitative estimate of drug-likeness (QED) is 0.403. The Morgan fingerprint density at radius 1 is 1.08 bits per heavy atom. The molecule has 3 N–H and O–H groups in total. The number of carbonyl (C=O) groups is 1. The molecule has 36 heavy (non-hydrogen) atoms. The zero-order valence-electron chi connectivity index (χ0n) is 20.2. The number of nitrogens with two attached hydrogens (primary N) is 1. The average molecular weight is 480 g/mol. The molecule has 3 unspecified atom stereocenters. The van der Waals surface area contributed by atoms with Crippen LogP contribution in [0.4, 0.5) is 0 Å². The van der Waals surface area contributed by atoms with Gasteiger partial charge in [-0.05, 0) is 37.0 Å². The molecule has 6 nitrogen and oxygen atoms in total. The molecule has 1 aliphatic heterocycles. The Bertz CT molecular complexity index is 1500. The van der Waals surface area contributed by atoms with E-state index in [2.05, 4.69) is 34.5 Å². The lowest BCUT2D eigenvalue weighted by molar-refractivity contribution is 0.0914. The number of benzene rings is 3. The van der Waals surface area contributed by atoms with E-state index in [0.717, 1.165) is 31.6 Å². The second-order valence-electron chi connectivity index (χ2n) is 10.2. The molecule has 1 amide bonds. The first-order valence-electron chi connectivity index (χ1n) is 12.4. The normalized spacial score (nSPS) is 21.8. The maximum Gasteiger partial charge on any atom is 0.256 e. The average Bonchev–Trinajstić information content (AvgIpc) is 3.48. The molecule has 1 aliphatic carbocycles. The van der Waals surface area contributed by atoms with Crippen molar-refractivity contribution in [1.82, 2.24) is 10.2 Å². The number of nitrogens with zero attached hydrogens (tertiary/aromatic N) is 1. The molecule has 3 atom stereocenters. The minimum Gasteiger partial charge on any atom is -0.455 e. The van der Waals surface area contributed by atoms with Gasteiger partial charge in [0.15, 0.2) is 11.0 Å². The van der Waals surface area contributed by atoms with Gasteiger partial charge >= 0.3 is 0 Å². The van der Waals surface area contributed by atoms with Gasteiger partial charge in [-0.1, -0.05) is 66.7 Å². The number of hydrogen-bond acceptors (Lipinski definition) is 5. The standard InChI is InChI=1S/C30H29N3O3/c1-19-25(34)23-13-8-14-24(27(23)36-26(19)21-11-6-3-7-12-21)28(35)32-29(31)30-15-22(30)17-33(18-30)16-20-9-4-2-5-10-20/h2-14,22,29H,15-18,31H2,1H3,(H,32,35). The molecule has 1 saturated carbocycles. The van der Waals surface area contributed by atoms with E-state index in [0.29, 0.717) is 33.8 Å². The molecule has 1 aromatic heterocycles. The van der Waals surface area contributed by atoms with Crippen LogP contribution in [0.25, 0.3) is 22.3 Å². The summed E-state index contributed by atoms with van der Waals surface area (Å²) in [5.74, 6) is 0.640. The van der Waals surface area contributed by atoms with Gasteiger partial charge in [0.05, 0.1) is 17.1 Å². The SMILES string of the molecule is Cc1c(-c2ccccc2)oc2c(C(=O)NC(N)C34CC3CN(Cc3ccccc3)C4)cccc2c1=O. The number of rotatable bonds is 6. The number of carbonyl (C=O) groups excluding carboxylic acids is 1. The van der Waals surface area contributed by atoms with Crippen molar-refractivity contribution in [3.05, 3.63) is 106 Å². The Morgan fingerprint density at radius 2 is 1.81 bits per heavy atom. The van der Waals surface area contributed by atoms with Gasteiger partial charge in [-0.3, -0.25) is 14.5 Å². The number of nitrogens with one attached hydrogen (secondary N) is 1. The molecule has 2 fully saturated rings. The van der Waals surface area contributed by atoms with Crippen LogP contribution in [-0.4, -0.2) is 30.1 Å². The first-order chi connectivity index (χ1) is 17.5. The Morgan fingerprint density at radius 3 is 2.56 bits per heavy atom. The maximum absolute atomic E-state index is 13.4. The van der Waals surface area contributed by atoms with E-state index in [4.69, 9.17) is 10.2 Å². The third-order valence-electron chi connectivity index (χ3n) is 7.86. The summed E-state index contributed by atoms with van der Waals surface area (Å²) in [7, 11) is 0. The monoisotopic (exact) mass is 479 g/mol. The lowest BCUT2D eigenvalue weighted by Crippen LogP contribution is -2.50. The summed E-state index contributed by atoms with van der Waals surface area (Å²) in [5.41, 5.74) is 9.58. The van der Waals surface area contributed by atoms with E-state index in [9.17, 15) is 9.59 Å². The fraction of sp³-hybridized carbons (Fsp3) is 0.267. The largest absolute Gasteiger partial charge is 0.455 e. The molecular weight excluding hydrogens is 450 g/mol. The van der Waals surface area contributed by atoms with Crippen molar-refractivity contribution in [3.63, 3.8) is 0 Å². The summed E-state index contributed by atoms with van der Waals surface area (Å²) in [5, 5.41) is 3.43. The summed E-state index contributed by atoms with van der Waals surface area (Å²) in [4.78, 5) is 29.0. The third kappa shape index (κ3) is 3.83. The lowest BCUT2D eigenvalue weighted by atomic mass is 10.0. The summed E-state index contributed by atoms with van der Waals surface area (Å²) in [6.45, 7) is 4.48. The molecule has 2 heterocycles. The van der Waals surface area contributed by atoms with Gasteiger partial charge < -0.3 is 15.5 Å². The van der Waals surface area contributed by atoms with Gasteiger partial charge in [0, 0.05) is 36.2 Å². The predicted octanol–water partition coefficient (Wildman–Crippen LogP) is 4.31. The molecule has 6 rings (SSSR count). The minimum atomic E-state index is -0.475. The molecule has 1 saturated heterocycles. The zero-order valence-corrected chi connectivity index (χ0v) is 20.2. The van der Waals surface area contributed by atoms with Gasteiger partial charge in [-0.15, -0.1) is 0 Å². The topological polar surface area (TPSA) is 88.6 Å². The molecular formula is C30H29N3O3. The van der Waals surface area contributed by atoms with Gasteiger partial charge in [0.2, 0.25) is 0 Å². The molecule has 4 aromatic rings. The van der Waals surface area contributed by atoms with Crippen molar-refractivity contribution in [2.75, 3.05) is 13.1 Å². The fourth-order valence-electron chi connectivity index (χ4n) is 5.79. The number of para-hydroxylation sites is 1. The Labute approximate surface area is 209 Å². The van der Waals surface area contributed by atoms with Crippen LogP contribution < -0.4 is 16.5 Å². The van der Waals surface area contributed by atoms with Crippen molar-refractivity contribution in [1.29, 1.82) is 0 Å². The second kappa shape index (κ2) is 8.73. The van der Waals surface area contributed by atoms with E-state index in [1.54, 1.807) is 25.1 Å². The van der Waals surface area contributed by atoms with Crippen LogP contribution in [0.15, 0.2) is 88.1 Å². The molecule has 6 heteroatoms. The number of fused-ring (bicyclic) bond motifs is 2. The predicted molar refractivity (Wildman–Crippen MR) is 140 cm³/mol. The van der Waals surface area contributed by atoms with Crippen LogP contribution in [-0.2, 0) is 6.54 Å². The molecule has 2 aliphatic rings. The summed E-state index contributed by atoms with van der Waals surface area (Å²) in [6.07, 6.45) is 0.540. The van der Waals surface area contributed by atoms with Crippen LogP contribution >= 0.6 is 0 Å². The van der Waals surface area contributed by atoms with E-state index >= 15 is 0 Å². The first kappa shape index (κ1) is 22.7. The fourth-order valence-corrected chi connectivity index (χ4v) is 5.79. The highest BCUT2D eigenvalue weighted by Crippen LogP contribution is 2.59.